The molecule has 0 spiro atoms. The van der Waals surface area contributed by atoms with Crippen LogP contribution in [0.15, 0.2) is 11.6 Å². The molecule has 0 aromatic heterocycles. The maximum Gasteiger partial charge on any atom is 0.333 e. The van der Waals surface area contributed by atoms with E-state index in [-0.39, 0.29) is 5.97 Å². The average molecular weight is 216 g/mol. The molecular weight excluding hydrogens is 196 g/mol. The van der Waals surface area contributed by atoms with Crippen LogP contribution in [0.2, 0.25) is 0 Å². The van der Waals surface area contributed by atoms with Gasteiger partial charge in [0.25, 0.3) is 0 Å². The van der Waals surface area contributed by atoms with Crippen molar-refractivity contribution in [1.29, 1.82) is 0 Å². The monoisotopic (exact) mass is 216 g/mol. The quantitative estimate of drug-likeness (QED) is 0.388. The van der Waals surface area contributed by atoms with Crippen molar-refractivity contribution in [3.05, 3.63) is 11.6 Å². The Morgan fingerprint density at radius 3 is 2.71 bits per heavy atom. The van der Waals surface area contributed by atoms with E-state index in [4.69, 9.17) is 0 Å². The summed E-state index contributed by atoms with van der Waals surface area (Å²) < 4.78 is 4.59. The third-order valence-corrected chi connectivity index (χ3v) is 3.32. The van der Waals surface area contributed by atoms with E-state index in [1.54, 1.807) is 6.92 Å². The summed E-state index contributed by atoms with van der Waals surface area (Å²) in [5.74, 6) is 2.58. The van der Waals surface area contributed by atoms with Crippen LogP contribution in [0.1, 0.15) is 27.2 Å². The first-order valence-electron chi connectivity index (χ1n) is 4.94. The minimum atomic E-state index is -0.228. The second-order valence-corrected chi connectivity index (χ2v) is 4.50. The minimum Gasteiger partial charge on any atom is -0.466 e. The lowest BCUT2D eigenvalue weighted by molar-refractivity contribution is -0.136. The average Bonchev–Trinajstić information content (AvgIpc) is 2.22. The Labute approximate surface area is 91.1 Å². The van der Waals surface area contributed by atoms with Crippen LogP contribution in [0, 0.1) is 5.92 Å². The highest BCUT2D eigenvalue weighted by Crippen LogP contribution is 2.12. The number of hydrogen-bond acceptors (Lipinski definition) is 3. The normalized spacial score (nSPS) is 13.9. The molecule has 0 aliphatic heterocycles. The van der Waals surface area contributed by atoms with Crippen LogP contribution in [0.3, 0.4) is 0 Å². The molecule has 0 N–H and O–H groups in total. The maximum atomic E-state index is 11.0. The summed E-state index contributed by atoms with van der Waals surface area (Å²) in [6, 6.07) is 0. The van der Waals surface area contributed by atoms with Gasteiger partial charge in [-0.15, -0.1) is 0 Å². The third-order valence-electron chi connectivity index (χ3n) is 2.11. The van der Waals surface area contributed by atoms with E-state index < -0.39 is 0 Å². The third kappa shape index (κ3) is 6.08. The van der Waals surface area contributed by atoms with Gasteiger partial charge in [-0.25, -0.2) is 4.79 Å². The van der Waals surface area contributed by atoms with E-state index in [1.807, 2.05) is 17.8 Å². The molecule has 14 heavy (non-hydrogen) atoms. The molecule has 3 heteroatoms. The van der Waals surface area contributed by atoms with Gasteiger partial charge in [-0.2, -0.15) is 11.8 Å². The number of esters is 1. The van der Waals surface area contributed by atoms with E-state index in [1.165, 1.54) is 13.5 Å². The van der Waals surface area contributed by atoms with Crippen molar-refractivity contribution >= 4 is 17.7 Å². The fourth-order valence-corrected chi connectivity index (χ4v) is 1.96. The Balaban J connectivity index is 3.66. The molecule has 0 heterocycles. The molecule has 0 amide bonds. The lowest BCUT2D eigenvalue weighted by atomic mass is 10.2. The van der Waals surface area contributed by atoms with Crippen LogP contribution in [0.4, 0.5) is 0 Å². The number of carbonyl (C=O) groups is 1. The van der Waals surface area contributed by atoms with E-state index >= 15 is 0 Å². The highest BCUT2D eigenvalue weighted by atomic mass is 32.2. The second-order valence-electron chi connectivity index (χ2n) is 3.43. The van der Waals surface area contributed by atoms with E-state index in [0.29, 0.717) is 5.57 Å². The highest BCUT2D eigenvalue weighted by Gasteiger charge is 2.02. The van der Waals surface area contributed by atoms with Crippen molar-refractivity contribution < 1.29 is 9.53 Å². The summed E-state index contributed by atoms with van der Waals surface area (Å²) in [6.07, 6.45) is 3.14. The number of methoxy groups -OCH3 is 1. The number of carbonyl (C=O) groups excluding carboxylic acids is 1. The van der Waals surface area contributed by atoms with E-state index in [2.05, 4.69) is 18.6 Å². The fourth-order valence-electron chi connectivity index (χ4n) is 0.815. The Bertz CT molecular complexity index is 199. The highest BCUT2D eigenvalue weighted by molar-refractivity contribution is 7.99. The van der Waals surface area contributed by atoms with Crippen molar-refractivity contribution in [2.24, 2.45) is 5.92 Å². The summed E-state index contributed by atoms with van der Waals surface area (Å²) in [7, 11) is 1.41. The van der Waals surface area contributed by atoms with Gasteiger partial charge < -0.3 is 4.74 Å². The largest absolute Gasteiger partial charge is 0.466 e. The molecular formula is C11H20O2S. The molecule has 0 fully saturated rings. The number of thioether (sulfide) groups is 1. The van der Waals surface area contributed by atoms with Crippen LogP contribution >= 0.6 is 11.8 Å². The first-order chi connectivity index (χ1) is 6.61. The predicted molar refractivity (Wildman–Crippen MR) is 62.6 cm³/mol. The van der Waals surface area contributed by atoms with Gasteiger partial charge in [0.15, 0.2) is 0 Å². The van der Waals surface area contributed by atoms with Crippen molar-refractivity contribution in [1.82, 2.24) is 0 Å². The number of rotatable bonds is 6. The summed E-state index contributed by atoms with van der Waals surface area (Å²) in [5.41, 5.74) is 0.698. The molecule has 0 aliphatic carbocycles. The molecule has 0 radical (unpaired) electrons. The van der Waals surface area contributed by atoms with Crippen LogP contribution < -0.4 is 0 Å². The van der Waals surface area contributed by atoms with Gasteiger partial charge in [0.05, 0.1) is 7.11 Å². The fraction of sp³-hybridized carbons (Fsp3) is 0.727. The molecule has 0 aromatic carbocycles. The minimum absolute atomic E-state index is 0.228. The molecule has 1 unspecified atom stereocenters. The summed E-state index contributed by atoms with van der Waals surface area (Å²) >= 11 is 1.86. The molecule has 0 bridgehead atoms. The first kappa shape index (κ1) is 13.6. The lowest BCUT2D eigenvalue weighted by Gasteiger charge is -2.05. The van der Waals surface area contributed by atoms with Gasteiger partial charge in [-0.1, -0.05) is 26.3 Å². The smallest absolute Gasteiger partial charge is 0.333 e. The summed E-state index contributed by atoms with van der Waals surface area (Å²) in [4.78, 5) is 11.0. The standard InChI is InChI=1S/C11H20O2S/c1-5-9(2)8-14-7-6-10(3)11(12)13-4/h6,9H,5,7-8H2,1-4H3/b10-6-. The zero-order chi connectivity index (χ0) is 11.0. The second kappa shape index (κ2) is 7.92. The van der Waals surface area contributed by atoms with Crippen LogP contribution in [0.25, 0.3) is 0 Å². The van der Waals surface area contributed by atoms with E-state index in [0.717, 1.165) is 17.4 Å². The van der Waals surface area contributed by atoms with Gasteiger partial charge in [0.1, 0.15) is 0 Å². The molecule has 0 saturated carbocycles. The molecule has 2 nitrogen and oxygen atoms in total. The number of hydrogen-bond donors (Lipinski definition) is 0. The topological polar surface area (TPSA) is 26.3 Å². The Hall–Kier alpha value is -0.440. The Morgan fingerprint density at radius 2 is 2.21 bits per heavy atom. The van der Waals surface area contributed by atoms with E-state index in [9.17, 15) is 4.79 Å². The van der Waals surface area contributed by atoms with Crippen molar-refractivity contribution in [2.45, 2.75) is 27.2 Å². The van der Waals surface area contributed by atoms with Crippen molar-refractivity contribution in [2.75, 3.05) is 18.6 Å². The predicted octanol–water partition coefficient (Wildman–Crippen LogP) is 2.89. The van der Waals surface area contributed by atoms with Gasteiger partial charge in [-0.3, -0.25) is 0 Å². The molecule has 0 aliphatic rings. The Kier molecular flexibility index (Phi) is 7.67. The molecule has 0 aromatic rings. The van der Waals surface area contributed by atoms with Crippen LogP contribution in [-0.4, -0.2) is 24.6 Å². The van der Waals surface area contributed by atoms with Crippen molar-refractivity contribution in [3.63, 3.8) is 0 Å². The van der Waals surface area contributed by atoms with Crippen LogP contribution in [0.5, 0.6) is 0 Å². The zero-order valence-corrected chi connectivity index (χ0v) is 10.3. The zero-order valence-electron chi connectivity index (χ0n) is 9.50. The SMILES string of the molecule is CCC(C)CSC/C=C(/C)C(=O)OC. The summed E-state index contributed by atoms with van der Waals surface area (Å²) in [5, 5.41) is 0. The first-order valence-corrected chi connectivity index (χ1v) is 6.10. The van der Waals surface area contributed by atoms with Crippen LogP contribution in [-0.2, 0) is 9.53 Å². The molecule has 82 valence electrons. The lowest BCUT2D eigenvalue weighted by Crippen LogP contribution is -2.02. The van der Waals surface area contributed by atoms with Gasteiger partial charge in [0, 0.05) is 11.3 Å². The number of ether oxygens (including phenoxy) is 1. The Morgan fingerprint density at radius 1 is 1.57 bits per heavy atom. The molecule has 1 atom stereocenters. The van der Waals surface area contributed by atoms with Gasteiger partial charge >= 0.3 is 5.97 Å². The summed E-state index contributed by atoms with van der Waals surface area (Å²) in [6.45, 7) is 6.22. The molecule has 0 rings (SSSR count). The van der Waals surface area contributed by atoms with Gasteiger partial charge in [-0.05, 0) is 18.6 Å². The maximum absolute atomic E-state index is 11.0. The molecule has 0 saturated heterocycles. The van der Waals surface area contributed by atoms with Crippen molar-refractivity contribution in [3.8, 4) is 0 Å². The van der Waals surface area contributed by atoms with Gasteiger partial charge in [0.2, 0.25) is 0 Å².